The molecular weight excluding hydrogens is 656 g/mol. The van der Waals surface area contributed by atoms with Gasteiger partial charge in [-0.25, -0.2) is 0 Å². The third-order valence-electron chi connectivity index (χ3n) is 6.99. The molecule has 0 saturated carbocycles. The zero-order chi connectivity index (χ0) is 27.0. The Bertz CT molecular complexity index is 403. The Morgan fingerprint density at radius 3 is 0.676 bits per heavy atom. The van der Waals surface area contributed by atoms with Crippen LogP contribution in [0.5, 0.6) is 0 Å². The topological polar surface area (TPSA) is 74.6 Å². The second-order valence-electron chi connectivity index (χ2n) is 10.8. The molecule has 0 aromatic carbocycles. The third kappa shape index (κ3) is 46.1. The van der Waals surface area contributed by atoms with Crippen molar-refractivity contribution in [2.24, 2.45) is 0 Å². The zero-order valence-electron chi connectivity index (χ0n) is 25.0. The molecule has 5 heteroatoms. The number of carboxylic acids is 2. The van der Waals surface area contributed by atoms with E-state index in [0.717, 1.165) is 25.7 Å². The van der Waals surface area contributed by atoms with Crippen LogP contribution in [0.25, 0.3) is 0 Å². The molecular formula is C32H64O4Pb. The summed E-state index contributed by atoms with van der Waals surface area (Å²) in [4.78, 5) is 20.6. The van der Waals surface area contributed by atoms with E-state index in [1.165, 1.54) is 141 Å². The first-order chi connectivity index (χ1) is 17.5. The Morgan fingerprint density at radius 1 is 0.351 bits per heavy atom. The molecule has 0 aromatic heterocycles. The molecule has 0 saturated heterocycles. The second kappa shape index (κ2) is 38.0. The van der Waals surface area contributed by atoms with Crippen LogP contribution in [0.2, 0.25) is 0 Å². The minimum atomic E-state index is -0.655. The Hall–Kier alpha value is -0.138. The molecule has 220 valence electrons. The molecule has 0 aliphatic carbocycles. The summed E-state index contributed by atoms with van der Waals surface area (Å²) in [7, 11) is 0. The van der Waals surface area contributed by atoms with Crippen molar-refractivity contribution in [3.8, 4) is 0 Å². The fourth-order valence-corrected chi connectivity index (χ4v) is 4.59. The number of carboxylic acid groups (broad SMARTS) is 2. The van der Waals surface area contributed by atoms with Crippen molar-refractivity contribution in [3.05, 3.63) is 0 Å². The van der Waals surface area contributed by atoms with Gasteiger partial charge in [-0.15, -0.1) is 0 Å². The van der Waals surface area contributed by atoms with Crippen LogP contribution in [0.1, 0.15) is 194 Å². The molecule has 4 radical (unpaired) electrons. The van der Waals surface area contributed by atoms with Crippen LogP contribution >= 0.6 is 0 Å². The van der Waals surface area contributed by atoms with E-state index in [1.807, 2.05) is 0 Å². The van der Waals surface area contributed by atoms with Gasteiger partial charge in [-0.2, -0.15) is 0 Å². The van der Waals surface area contributed by atoms with E-state index in [9.17, 15) is 9.59 Å². The van der Waals surface area contributed by atoms with Gasteiger partial charge in [-0.05, 0) is 12.8 Å². The van der Waals surface area contributed by atoms with Crippen LogP contribution in [0.3, 0.4) is 0 Å². The van der Waals surface area contributed by atoms with Crippen molar-refractivity contribution >= 4 is 39.2 Å². The van der Waals surface area contributed by atoms with Gasteiger partial charge in [0, 0.05) is 40.1 Å². The SMILES string of the molecule is CCCCCCCCCCCCCCCC(=O)O.CCCCCCCCCCCCCCCC(=O)O.[Pb]. The molecule has 0 bridgehead atoms. The van der Waals surface area contributed by atoms with Gasteiger partial charge < -0.3 is 10.2 Å². The van der Waals surface area contributed by atoms with E-state index in [2.05, 4.69) is 13.8 Å². The summed E-state index contributed by atoms with van der Waals surface area (Å²) in [6, 6.07) is 0. The van der Waals surface area contributed by atoms with Crippen molar-refractivity contribution in [2.45, 2.75) is 194 Å². The Kier molecular flexibility index (Phi) is 42.5. The monoisotopic (exact) mass is 720 g/mol. The Labute approximate surface area is 251 Å². The summed E-state index contributed by atoms with van der Waals surface area (Å²) >= 11 is 0. The molecule has 0 aromatic rings. The van der Waals surface area contributed by atoms with Gasteiger partial charge in [0.15, 0.2) is 0 Å². The number of hydrogen-bond donors (Lipinski definition) is 2. The van der Waals surface area contributed by atoms with Crippen LogP contribution in [0.4, 0.5) is 0 Å². The van der Waals surface area contributed by atoms with E-state index in [1.54, 1.807) is 0 Å². The fraction of sp³-hybridized carbons (Fsp3) is 0.938. The van der Waals surface area contributed by atoms with Gasteiger partial charge >= 0.3 is 11.9 Å². The van der Waals surface area contributed by atoms with E-state index < -0.39 is 11.9 Å². The van der Waals surface area contributed by atoms with Crippen LogP contribution in [0, 0.1) is 0 Å². The molecule has 0 spiro atoms. The molecule has 2 N–H and O–H groups in total. The summed E-state index contributed by atoms with van der Waals surface area (Å²) in [5.41, 5.74) is 0. The third-order valence-corrected chi connectivity index (χ3v) is 6.99. The fourth-order valence-electron chi connectivity index (χ4n) is 4.59. The molecule has 0 atom stereocenters. The minimum absolute atomic E-state index is 0. The first kappa shape index (κ1) is 41.3. The zero-order valence-corrected chi connectivity index (χ0v) is 28.9. The van der Waals surface area contributed by atoms with E-state index in [4.69, 9.17) is 10.2 Å². The van der Waals surface area contributed by atoms with Crippen molar-refractivity contribution in [3.63, 3.8) is 0 Å². The molecule has 4 nitrogen and oxygen atoms in total. The minimum Gasteiger partial charge on any atom is -0.481 e. The number of unbranched alkanes of at least 4 members (excludes halogenated alkanes) is 24. The first-order valence-corrected chi connectivity index (χ1v) is 16.0. The van der Waals surface area contributed by atoms with Gasteiger partial charge in [-0.1, -0.05) is 168 Å². The standard InChI is InChI=1S/2C16H32O2.Pb/c2*1-2-3-4-5-6-7-8-9-10-11-12-13-14-15-16(17)18;/h2*2-15H2,1H3,(H,17,18);. The molecule has 0 amide bonds. The molecule has 37 heavy (non-hydrogen) atoms. The molecule has 0 aliphatic heterocycles. The maximum absolute atomic E-state index is 10.3. The van der Waals surface area contributed by atoms with Crippen LogP contribution in [-0.4, -0.2) is 49.5 Å². The Balaban J connectivity index is -0.000000608. The normalized spacial score (nSPS) is 10.4. The molecule has 0 heterocycles. The molecule has 0 aliphatic rings. The quantitative estimate of drug-likeness (QED) is 0.0624. The summed E-state index contributed by atoms with van der Waals surface area (Å²) in [5, 5.41) is 17.0. The van der Waals surface area contributed by atoms with Crippen molar-refractivity contribution in [1.82, 2.24) is 0 Å². The van der Waals surface area contributed by atoms with E-state index >= 15 is 0 Å². The number of hydrogen-bond acceptors (Lipinski definition) is 2. The van der Waals surface area contributed by atoms with Crippen molar-refractivity contribution in [2.75, 3.05) is 0 Å². The predicted octanol–water partition coefficient (Wildman–Crippen LogP) is 10.7. The average Bonchev–Trinajstić information content (AvgIpc) is 2.85. The largest absolute Gasteiger partial charge is 0.481 e. The first-order valence-electron chi connectivity index (χ1n) is 16.0. The predicted molar refractivity (Wildman–Crippen MR) is 162 cm³/mol. The number of rotatable bonds is 28. The van der Waals surface area contributed by atoms with Gasteiger partial charge in [0.25, 0.3) is 0 Å². The number of carbonyl (C=O) groups is 2. The van der Waals surface area contributed by atoms with Gasteiger partial charge in [0.2, 0.25) is 0 Å². The maximum Gasteiger partial charge on any atom is 0.303 e. The van der Waals surface area contributed by atoms with Crippen LogP contribution < -0.4 is 0 Å². The van der Waals surface area contributed by atoms with Gasteiger partial charge in [0.05, 0.1) is 0 Å². The van der Waals surface area contributed by atoms with Gasteiger partial charge in [0.1, 0.15) is 0 Å². The molecule has 0 unspecified atom stereocenters. The summed E-state index contributed by atoms with van der Waals surface area (Å²) < 4.78 is 0. The molecule has 0 rings (SSSR count). The van der Waals surface area contributed by atoms with Gasteiger partial charge in [-0.3, -0.25) is 9.59 Å². The Morgan fingerprint density at radius 2 is 0.514 bits per heavy atom. The molecule has 0 fully saturated rings. The summed E-state index contributed by atoms with van der Waals surface area (Å²) in [5.74, 6) is -1.31. The maximum atomic E-state index is 10.3. The summed E-state index contributed by atoms with van der Waals surface area (Å²) in [6.45, 7) is 4.52. The average molecular weight is 720 g/mol. The smallest absolute Gasteiger partial charge is 0.303 e. The van der Waals surface area contributed by atoms with Crippen molar-refractivity contribution < 1.29 is 19.8 Å². The van der Waals surface area contributed by atoms with E-state index in [-0.39, 0.29) is 27.3 Å². The van der Waals surface area contributed by atoms with E-state index in [0.29, 0.717) is 12.8 Å². The summed E-state index contributed by atoms with van der Waals surface area (Å²) in [6.07, 6.45) is 34.5. The number of aliphatic carboxylic acids is 2. The second-order valence-corrected chi connectivity index (χ2v) is 10.8. The van der Waals surface area contributed by atoms with Crippen LogP contribution in [-0.2, 0) is 9.59 Å². The van der Waals surface area contributed by atoms with Crippen molar-refractivity contribution in [1.29, 1.82) is 0 Å². The van der Waals surface area contributed by atoms with Crippen LogP contribution in [0.15, 0.2) is 0 Å².